The summed E-state index contributed by atoms with van der Waals surface area (Å²) in [6.45, 7) is 9.76. The third-order valence-electron chi connectivity index (χ3n) is 6.08. The van der Waals surface area contributed by atoms with Gasteiger partial charge in [-0.15, -0.1) is 0 Å². The zero-order valence-electron chi connectivity index (χ0n) is 23.4. The van der Waals surface area contributed by atoms with Gasteiger partial charge in [-0.1, -0.05) is 83.2 Å². The second-order valence-corrected chi connectivity index (χ2v) is 10.7. The molecule has 41 heavy (non-hydrogen) atoms. The van der Waals surface area contributed by atoms with Crippen molar-refractivity contribution >= 4 is 45.6 Å². The minimum Gasteiger partial charge on any atom is -0.398 e. The SMILES string of the molecule is C.CC(=O)c1cc(C)cc(C)c1.Cc1cc(C)cc(-c2ccc3ccc(Cl)cc3n2)c1.Nc1cc(Cl)ccc1CO. The molecule has 0 radical (unpaired) electrons. The molecule has 6 heteroatoms. The van der Waals surface area contributed by atoms with Gasteiger partial charge in [0.15, 0.2) is 5.78 Å². The molecule has 0 unspecified atom stereocenters. The van der Waals surface area contributed by atoms with Crippen LogP contribution in [-0.4, -0.2) is 15.9 Å². The van der Waals surface area contributed by atoms with Gasteiger partial charge in [0.05, 0.1) is 17.8 Å². The summed E-state index contributed by atoms with van der Waals surface area (Å²) >= 11 is 11.6. The van der Waals surface area contributed by atoms with Crippen LogP contribution in [0.25, 0.3) is 22.2 Å². The number of benzene rings is 4. The van der Waals surface area contributed by atoms with Crippen molar-refractivity contribution in [3.63, 3.8) is 0 Å². The Bertz CT molecular complexity index is 1610. The fourth-order valence-electron chi connectivity index (χ4n) is 4.26. The number of Topliss-reactive ketones (excluding diaryl/α,β-unsaturated/α-hetero) is 1. The normalized spacial score (nSPS) is 10.0. The molecular weight excluding hydrogens is 551 g/mol. The number of aromatic nitrogens is 1. The molecule has 0 aliphatic heterocycles. The highest BCUT2D eigenvalue weighted by atomic mass is 35.5. The fourth-order valence-corrected chi connectivity index (χ4v) is 4.61. The van der Waals surface area contributed by atoms with E-state index in [0.29, 0.717) is 16.3 Å². The number of ketones is 1. The minimum absolute atomic E-state index is 0. The Morgan fingerprint density at radius 2 is 1.27 bits per heavy atom. The molecule has 0 amide bonds. The van der Waals surface area contributed by atoms with Gasteiger partial charge in [-0.05, 0) is 89.2 Å². The minimum atomic E-state index is -0.0387. The number of nitrogens with two attached hydrogens (primary N) is 1. The predicted octanol–water partition coefficient (Wildman–Crippen LogP) is 9.73. The lowest BCUT2D eigenvalue weighted by Gasteiger charge is -2.06. The Morgan fingerprint density at radius 1 is 0.756 bits per heavy atom. The molecule has 0 bridgehead atoms. The smallest absolute Gasteiger partial charge is 0.159 e. The highest BCUT2D eigenvalue weighted by molar-refractivity contribution is 6.31. The number of aryl methyl sites for hydroxylation is 4. The third kappa shape index (κ3) is 10.0. The van der Waals surface area contributed by atoms with Gasteiger partial charge >= 0.3 is 0 Å². The first kappa shape index (κ1) is 33.5. The number of carbonyl (C=O) groups is 1. The van der Waals surface area contributed by atoms with Crippen LogP contribution in [-0.2, 0) is 6.61 Å². The quantitative estimate of drug-likeness (QED) is 0.162. The molecule has 1 heterocycles. The largest absolute Gasteiger partial charge is 0.398 e. The van der Waals surface area contributed by atoms with Crippen LogP contribution in [0.3, 0.4) is 0 Å². The first-order chi connectivity index (χ1) is 18.9. The van der Waals surface area contributed by atoms with E-state index in [1.807, 2.05) is 44.2 Å². The molecule has 3 N–H and O–H groups in total. The second-order valence-electron chi connectivity index (χ2n) is 9.84. The number of aliphatic hydroxyl groups is 1. The van der Waals surface area contributed by atoms with Gasteiger partial charge in [-0.2, -0.15) is 0 Å². The average Bonchev–Trinajstić information content (AvgIpc) is 2.88. The maximum Gasteiger partial charge on any atom is 0.159 e. The van der Waals surface area contributed by atoms with Crippen molar-refractivity contribution in [1.29, 1.82) is 0 Å². The van der Waals surface area contributed by atoms with Crippen LogP contribution in [0.5, 0.6) is 0 Å². The fraction of sp³-hybridized carbons (Fsp3) is 0.200. The van der Waals surface area contributed by atoms with Crippen LogP contribution in [0, 0.1) is 27.7 Å². The highest BCUT2D eigenvalue weighted by Gasteiger charge is 2.04. The van der Waals surface area contributed by atoms with E-state index in [1.54, 1.807) is 25.1 Å². The first-order valence-electron chi connectivity index (χ1n) is 12.8. The monoisotopic (exact) mass is 588 g/mol. The molecule has 0 atom stereocenters. The number of carbonyl (C=O) groups excluding carboxylic acids is 1. The molecule has 0 aliphatic rings. The lowest BCUT2D eigenvalue weighted by Crippen LogP contribution is -1.93. The van der Waals surface area contributed by atoms with Crippen molar-refractivity contribution < 1.29 is 9.90 Å². The van der Waals surface area contributed by atoms with E-state index in [1.165, 1.54) is 11.1 Å². The Morgan fingerprint density at radius 3 is 1.80 bits per heavy atom. The molecule has 214 valence electrons. The maximum absolute atomic E-state index is 10.9. The third-order valence-corrected chi connectivity index (χ3v) is 6.55. The van der Waals surface area contributed by atoms with Crippen LogP contribution in [0.4, 0.5) is 5.69 Å². The van der Waals surface area contributed by atoms with E-state index in [9.17, 15) is 4.79 Å². The van der Waals surface area contributed by atoms with E-state index in [0.717, 1.165) is 43.9 Å². The Kier molecular flexibility index (Phi) is 12.5. The van der Waals surface area contributed by atoms with Crippen LogP contribution >= 0.6 is 23.2 Å². The number of pyridine rings is 1. The number of anilines is 1. The van der Waals surface area contributed by atoms with Crippen molar-refractivity contribution in [3.05, 3.63) is 128 Å². The summed E-state index contributed by atoms with van der Waals surface area (Å²) in [5.74, 6) is 0.136. The Labute approximate surface area is 253 Å². The average molecular weight is 590 g/mol. The summed E-state index contributed by atoms with van der Waals surface area (Å²) in [5.41, 5.74) is 15.4. The van der Waals surface area contributed by atoms with Crippen molar-refractivity contribution in [2.75, 3.05) is 5.73 Å². The van der Waals surface area contributed by atoms with Gasteiger partial charge in [0, 0.05) is 37.8 Å². The van der Waals surface area contributed by atoms with Crippen molar-refractivity contribution in [3.8, 4) is 11.3 Å². The summed E-state index contributed by atoms with van der Waals surface area (Å²) in [6.07, 6.45) is 0. The molecule has 0 saturated heterocycles. The van der Waals surface area contributed by atoms with Crippen LogP contribution in [0.15, 0.2) is 84.9 Å². The molecule has 0 fully saturated rings. The molecule has 0 spiro atoms. The molecule has 5 rings (SSSR count). The van der Waals surface area contributed by atoms with Gasteiger partial charge in [0.25, 0.3) is 0 Å². The number of halogens is 2. The van der Waals surface area contributed by atoms with Gasteiger partial charge in [0.1, 0.15) is 0 Å². The van der Waals surface area contributed by atoms with E-state index in [-0.39, 0.29) is 19.8 Å². The zero-order chi connectivity index (χ0) is 29.4. The van der Waals surface area contributed by atoms with E-state index >= 15 is 0 Å². The van der Waals surface area contributed by atoms with Crippen LogP contribution < -0.4 is 5.73 Å². The number of rotatable bonds is 3. The van der Waals surface area contributed by atoms with Crippen molar-refractivity contribution in [2.24, 2.45) is 0 Å². The lowest BCUT2D eigenvalue weighted by atomic mass is 10.0. The molecule has 5 aromatic rings. The Balaban J connectivity index is 0.000000230. The van der Waals surface area contributed by atoms with E-state index in [4.69, 9.17) is 39.0 Å². The number of nitrogen functional groups attached to an aromatic ring is 1. The maximum atomic E-state index is 10.9. The number of hydrogen-bond donors (Lipinski definition) is 2. The standard InChI is InChI=1S/C17H14ClN.C10H12O.C7H8ClNO.CH4/c1-11-7-12(2)9-14(8-11)16-6-4-13-3-5-15(18)10-17(13)19-16;1-7-4-8(2)6-10(5-7)9(3)11;8-6-2-1-5(4-10)7(9)3-6;/h3-10H,1-2H3;4-6H,1-3H3;1-3,10H,4,9H2;1H4. The summed E-state index contributed by atoms with van der Waals surface area (Å²) in [5, 5.41) is 11.1. The van der Waals surface area contributed by atoms with Gasteiger partial charge in [-0.3, -0.25) is 4.79 Å². The van der Waals surface area contributed by atoms with Gasteiger partial charge in [0.2, 0.25) is 0 Å². The number of aliphatic hydroxyl groups excluding tert-OH is 1. The molecule has 0 aliphatic carbocycles. The van der Waals surface area contributed by atoms with Crippen LogP contribution in [0.2, 0.25) is 10.0 Å². The van der Waals surface area contributed by atoms with Gasteiger partial charge < -0.3 is 10.8 Å². The molecule has 4 aromatic carbocycles. The zero-order valence-corrected chi connectivity index (χ0v) is 24.9. The topological polar surface area (TPSA) is 76.2 Å². The summed E-state index contributed by atoms with van der Waals surface area (Å²) < 4.78 is 0. The summed E-state index contributed by atoms with van der Waals surface area (Å²) in [4.78, 5) is 15.7. The lowest BCUT2D eigenvalue weighted by molar-refractivity contribution is 0.101. The van der Waals surface area contributed by atoms with Crippen LogP contribution in [0.1, 0.15) is 52.5 Å². The first-order valence-corrected chi connectivity index (χ1v) is 13.6. The van der Waals surface area contributed by atoms with Crippen molar-refractivity contribution in [1.82, 2.24) is 4.98 Å². The van der Waals surface area contributed by atoms with E-state index in [2.05, 4.69) is 50.2 Å². The number of nitrogens with zero attached hydrogens (tertiary/aromatic N) is 1. The molecule has 1 aromatic heterocycles. The second kappa shape index (κ2) is 15.3. The number of fused-ring (bicyclic) bond motifs is 1. The summed E-state index contributed by atoms with van der Waals surface area (Å²) in [6, 6.07) is 27.3. The highest BCUT2D eigenvalue weighted by Crippen LogP contribution is 2.25. The predicted molar refractivity (Wildman–Crippen MR) is 176 cm³/mol. The van der Waals surface area contributed by atoms with Crippen molar-refractivity contribution in [2.45, 2.75) is 48.7 Å². The molecule has 0 saturated carbocycles. The Hall–Kier alpha value is -3.70. The van der Waals surface area contributed by atoms with E-state index < -0.39 is 0 Å². The summed E-state index contributed by atoms with van der Waals surface area (Å²) in [7, 11) is 0. The van der Waals surface area contributed by atoms with Gasteiger partial charge in [-0.25, -0.2) is 4.98 Å². The number of hydrogen-bond acceptors (Lipinski definition) is 4. The molecule has 4 nitrogen and oxygen atoms in total. The molecular formula is C35H38Cl2N2O2.